The van der Waals surface area contributed by atoms with Crippen LogP contribution in [0.3, 0.4) is 0 Å². The molecule has 0 aliphatic heterocycles. The van der Waals surface area contributed by atoms with Gasteiger partial charge in [0.1, 0.15) is 0 Å². The van der Waals surface area contributed by atoms with Crippen molar-refractivity contribution < 1.29 is 0 Å². The van der Waals surface area contributed by atoms with Gasteiger partial charge in [-0.1, -0.05) is 20.3 Å². The normalized spacial score (nSPS) is 25.8. The van der Waals surface area contributed by atoms with Crippen LogP contribution in [-0.2, 0) is 6.42 Å². The van der Waals surface area contributed by atoms with Crippen LogP contribution in [0.2, 0.25) is 0 Å². The lowest BCUT2D eigenvalue weighted by Crippen LogP contribution is -2.22. The quantitative estimate of drug-likeness (QED) is 0.800. The van der Waals surface area contributed by atoms with Gasteiger partial charge in [0, 0.05) is 17.3 Å². The highest BCUT2D eigenvalue weighted by Gasteiger charge is 2.24. The molecule has 1 aliphatic carbocycles. The van der Waals surface area contributed by atoms with E-state index in [1.807, 2.05) is 0 Å². The van der Waals surface area contributed by atoms with Crippen molar-refractivity contribution in [3.05, 3.63) is 11.3 Å². The van der Waals surface area contributed by atoms with Gasteiger partial charge in [0.25, 0.3) is 0 Å². The van der Waals surface area contributed by atoms with Crippen molar-refractivity contribution >= 4 is 5.82 Å². The lowest BCUT2D eigenvalue weighted by Gasteiger charge is -2.17. The van der Waals surface area contributed by atoms with Crippen LogP contribution in [0.4, 0.5) is 5.82 Å². The molecule has 1 saturated carbocycles. The monoisotopic (exact) mass is 207 g/mol. The molecule has 1 aromatic heterocycles. The zero-order valence-electron chi connectivity index (χ0n) is 9.93. The van der Waals surface area contributed by atoms with Gasteiger partial charge in [-0.3, -0.25) is 5.10 Å². The van der Waals surface area contributed by atoms with Crippen LogP contribution in [0.1, 0.15) is 44.4 Å². The van der Waals surface area contributed by atoms with Gasteiger partial charge >= 0.3 is 0 Å². The minimum Gasteiger partial charge on any atom is -0.365 e. The first-order valence-electron chi connectivity index (χ1n) is 6.02. The Bertz CT molecular complexity index is 330. The Morgan fingerprint density at radius 3 is 2.80 bits per heavy atom. The van der Waals surface area contributed by atoms with Crippen molar-refractivity contribution in [3.63, 3.8) is 0 Å². The lowest BCUT2D eigenvalue weighted by atomic mass is 10.1. The molecule has 1 aromatic rings. The molecule has 15 heavy (non-hydrogen) atoms. The fourth-order valence-corrected chi connectivity index (χ4v) is 2.45. The van der Waals surface area contributed by atoms with E-state index in [9.17, 15) is 0 Å². The van der Waals surface area contributed by atoms with Crippen LogP contribution in [0, 0.1) is 12.8 Å². The topological polar surface area (TPSA) is 40.7 Å². The number of aromatic amines is 1. The molecule has 0 bridgehead atoms. The SMILES string of the molecule is CCc1[nH]nc(NC2CCCC2C)c1C. The summed E-state index contributed by atoms with van der Waals surface area (Å²) in [5.41, 5.74) is 2.54. The van der Waals surface area contributed by atoms with Crippen molar-refractivity contribution in [1.82, 2.24) is 10.2 Å². The number of hydrogen-bond donors (Lipinski definition) is 2. The third-order valence-corrected chi connectivity index (χ3v) is 3.65. The Morgan fingerprint density at radius 1 is 1.47 bits per heavy atom. The fraction of sp³-hybridized carbons (Fsp3) is 0.750. The molecule has 2 N–H and O–H groups in total. The highest BCUT2D eigenvalue weighted by atomic mass is 15.2. The average Bonchev–Trinajstić information content (AvgIpc) is 2.77. The lowest BCUT2D eigenvalue weighted by molar-refractivity contribution is 0.554. The third-order valence-electron chi connectivity index (χ3n) is 3.65. The maximum atomic E-state index is 4.35. The molecule has 0 aromatic carbocycles. The van der Waals surface area contributed by atoms with Crippen molar-refractivity contribution in [2.24, 2.45) is 5.92 Å². The van der Waals surface area contributed by atoms with Crippen LogP contribution in [0.25, 0.3) is 0 Å². The molecule has 84 valence electrons. The van der Waals surface area contributed by atoms with Crippen molar-refractivity contribution in [1.29, 1.82) is 0 Å². The van der Waals surface area contributed by atoms with Gasteiger partial charge in [0.2, 0.25) is 0 Å². The van der Waals surface area contributed by atoms with Gasteiger partial charge in [-0.2, -0.15) is 5.10 Å². The molecule has 0 radical (unpaired) electrons. The number of nitrogens with zero attached hydrogens (tertiary/aromatic N) is 1. The molecule has 1 heterocycles. The van der Waals surface area contributed by atoms with Gasteiger partial charge < -0.3 is 5.32 Å². The van der Waals surface area contributed by atoms with Crippen LogP contribution >= 0.6 is 0 Å². The second kappa shape index (κ2) is 4.25. The van der Waals surface area contributed by atoms with Crippen LogP contribution in [0.15, 0.2) is 0 Å². The van der Waals surface area contributed by atoms with Crippen molar-refractivity contribution in [3.8, 4) is 0 Å². The van der Waals surface area contributed by atoms with Gasteiger partial charge in [-0.25, -0.2) is 0 Å². The van der Waals surface area contributed by atoms with E-state index in [-0.39, 0.29) is 0 Å². The smallest absolute Gasteiger partial charge is 0.151 e. The number of hydrogen-bond acceptors (Lipinski definition) is 2. The molecule has 0 saturated heterocycles. The zero-order chi connectivity index (χ0) is 10.8. The molecule has 3 heteroatoms. The average molecular weight is 207 g/mol. The molecular formula is C12H21N3. The summed E-state index contributed by atoms with van der Waals surface area (Å²) in [5, 5.41) is 11.0. The maximum Gasteiger partial charge on any atom is 0.151 e. The Hall–Kier alpha value is -0.990. The molecule has 1 aliphatic rings. The predicted octanol–water partition coefficient (Wildman–Crippen LogP) is 2.88. The van der Waals surface area contributed by atoms with Gasteiger partial charge in [0.05, 0.1) is 0 Å². The minimum atomic E-state index is 0.622. The summed E-state index contributed by atoms with van der Waals surface area (Å²) in [6, 6.07) is 0.622. The summed E-state index contributed by atoms with van der Waals surface area (Å²) in [6.07, 6.45) is 5.01. The number of rotatable bonds is 3. The van der Waals surface area contributed by atoms with Gasteiger partial charge in [0.15, 0.2) is 5.82 Å². The van der Waals surface area contributed by atoms with E-state index in [4.69, 9.17) is 0 Å². The summed E-state index contributed by atoms with van der Waals surface area (Å²) in [5.74, 6) is 1.84. The number of H-pyrrole nitrogens is 1. The summed E-state index contributed by atoms with van der Waals surface area (Å²) in [6.45, 7) is 6.63. The van der Waals surface area contributed by atoms with E-state index in [0.717, 1.165) is 18.2 Å². The Labute approximate surface area is 91.7 Å². The Balaban J connectivity index is 2.07. The summed E-state index contributed by atoms with van der Waals surface area (Å²) >= 11 is 0. The van der Waals surface area contributed by atoms with E-state index in [0.29, 0.717) is 6.04 Å². The number of anilines is 1. The Kier molecular flexibility index (Phi) is 2.98. The zero-order valence-corrected chi connectivity index (χ0v) is 9.93. The van der Waals surface area contributed by atoms with E-state index in [2.05, 4.69) is 36.3 Å². The highest BCUT2D eigenvalue weighted by molar-refractivity contribution is 5.46. The first kappa shape index (κ1) is 10.5. The number of nitrogens with one attached hydrogen (secondary N) is 2. The molecule has 1 fully saturated rings. The van der Waals surface area contributed by atoms with E-state index < -0.39 is 0 Å². The Morgan fingerprint density at radius 2 is 2.27 bits per heavy atom. The second-order valence-electron chi connectivity index (χ2n) is 4.69. The number of aromatic nitrogens is 2. The molecule has 2 rings (SSSR count). The second-order valence-corrected chi connectivity index (χ2v) is 4.69. The van der Waals surface area contributed by atoms with Gasteiger partial charge in [-0.15, -0.1) is 0 Å². The van der Waals surface area contributed by atoms with Gasteiger partial charge in [-0.05, 0) is 32.1 Å². The molecule has 2 atom stereocenters. The van der Waals surface area contributed by atoms with Crippen LogP contribution < -0.4 is 5.32 Å². The van der Waals surface area contributed by atoms with E-state index >= 15 is 0 Å². The van der Waals surface area contributed by atoms with Crippen LogP contribution in [-0.4, -0.2) is 16.2 Å². The predicted molar refractivity (Wildman–Crippen MR) is 63.1 cm³/mol. The molecule has 2 unspecified atom stereocenters. The standard InChI is InChI=1S/C12H21N3/c1-4-10-9(3)12(15-14-10)13-11-7-5-6-8(11)2/h8,11H,4-7H2,1-3H3,(H2,13,14,15). The molecule has 0 spiro atoms. The third kappa shape index (κ3) is 2.01. The largest absolute Gasteiger partial charge is 0.365 e. The minimum absolute atomic E-state index is 0.622. The highest BCUT2D eigenvalue weighted by Crippen LogP contribution is 2.28. The van der Waals surface area contributed by atoms with E-state index in [1.54, 1.807) is 0 Å². The molecular weight excluding hydrogens is 186 g/mol. The van der Waals surface area contributed by atoms with Crippen LogP contribution in [0.5, 0.6) is 0 Å². The summed E-state index contributed by atoms with van der Waals surface area (Å²) < 4.78 is 0. The fourth-order valence-electron chi connectivity index (χ4n) is 2.45. The molecule has 0 amide bonds. The first-order chi connectivity index (χ1) is 7.22. The maximum absolute atomic E-state index is 4.35. The molecule has 3 nitrogen and oxygen atoms in total. The summed E-state index contributed by atoms with van der Waals surface area (Å²) in [4.78, 5) is 0. The van der Waals surface area contributed by atoms with Crippen molar-refractivity contribution in [2.45, 2.75) is 52.5 Å². The summed E-state index contributed by atoms with van der Waals surface area (Å²) in [7, 11) is 0. The number of aryl methyl sites for hydroxylation is 1. The first-order valence-corrected chi connectivity index (χ1v) is 6.02. The van der Waals surface area contributed by atoms with E-state index in [1.165, 1.54) is 30.5 Å². The van der Waals surface area contributed by atoms with Crippen molar-refractivity contribution in [2.75, 3.05) is 5.32 Å².